The zero-order chi connectivity index (χ0) is 8.69. The first kappa shape index (κ1) is 11.6. The van der Waals surface area contributed by atoms with E-state index in [1.807, 2.05) is 24.3 Å². The molecular weight excluding hydrogens is 217 g/mol. The first-order valence-corrected chi connectivity index (χ1v) is 8.21. The van der Waals surface area contributed by atoms with E-state index in [-0.39, 0.29) is 0 Å². The Kier molecular flexibility index (Phi) is 7.69. The molecule has 11 heavy (non-hydrogen) atoms. The van der Waals surface area contributed by atoms with Crippen LogP contribution in [0.1, 0.15) is 5.56 Å². The maximum atomic E-state index is 4.94. The third-order valence-corrected chi connectivity index (χ3v) is 0.885. The van der Waals surface area contributed by atoms with Crippen molar-refractivity contribution in [2.24, 2.45) is 0 Å². The first-order valence-electron chi connectivity index (χ1n) is 2.98. The summed E-state index contributed by atoms with van der Waals surface area (Å²) in [6.45, 7) is 2.06. The molecule has 0 heterocycles. The molecule has 0 unspecified atom stereocenters. The van der Waals surface area contributed by atoms with E-state index >= 15 is 0 Å². The van der Waals surface area contributed by atoms with Crippen LogP contribution >= 0.6 is 30.1 Å². The van der Waals surface area contributed by atoms with Crippen molar-refractivity contribution in [3.63, 3.8) is 0 Å². The number of hydrogen-bond donors (Lipinski definition) is 0. The Balaban J connectivity index is 0.000000218. The van der Waals surface area contributed by atoms with Crippen molar-refractivity contribution in [3.05, 3.63) is 35.9 Å². The maximum Gasteiger partial charge on any atom is 0.643 e. The zero-order valence-corrected chi connectivity index (χ0v) is 9.44. The van der Waals surface area contributed by atoms with E-state index < -0.39 is 11.4 Å². The van der Waals surface area contributed by atoms with E-state index in [2.05, 4.69) is 13.0 Å². The fraction of sp³-hybridized carbons (Fsp3) is 0.143. The molecule has 59 valence electrons. The molecular formula is C7H7AlCl3. The van der Waals surface area contributed by atoms with Crippen LogP contribution in [0.4, 0.5) is 0 Å². The maximum absolute atomic E-state index is 4.94. The molecule has 0 N–H and O–H groups in total. The van der Waals surface area contributed by atoms with Gasteiger partial charge in [0, 0.05) is 0 Å². The van der Waals surface area contributed by atoms with E-state index in [1.165, 1.54) is 5.56 Å². The molecule has 0 aromatic heterocycles. The van der Waals surface area contributed by atoms with Crippen LogP contribution in [0.25, 0.3) is 0 Å². The zero-order valence-electron chi connectivity index (χ0n) is 6.02. The molecule has 0 aliphatic heterocycles. The van der Waals surface area contributed by atoms with Crippen molar-refractivity contribution >= 4 is 41.5 Å². The molecule has 0 saturated heterocycles. The van der Waals surface area contributed by atoms with Gasteiger partial charge >= 0.3 is 11.4 Å². The van der Waals surface area contributed by atoms with E-state index in [1.54, 1.807) is 0 Å². The fourth-order valence-corrected chi connectivity index (χ4v) is 0.470. The summed E-state index contributed by atoms with van der Waals surface area (Å²) in [7, 11) is 14.8. The molecule has 1 radical (unpaired) electrons. The van der Waals surface area contributed by atoms with Crippen LogP contribution in [-0.4, -0.2) is 11.4 Å². The lowest BCUT2D eigenvalue weighted by atomic mass is 10.2. The predicted molar refractivity (Wildman–Crippen MR) is 53.3 cm³/mol. The van der Waals surface area contributed by atoms with E-state index in [0.717, 1.165) is 0 Å². The standard InChI is InChI=1S/C7H7.Al.3ClH/c1-7-5-3-2-4-6-7;;;;/h3-6H,1H3;;3*1H/q;+3;;;/p-3. The Bertz CT molecular complexity index is 174. The third kappa shape index (κ3) is 10.6. The van der Waals surface area contributed by atoms with Crippen LogP contribution in [0.15, 0.2) is 24.3 Å². The molecule has 0 aliphatic carbocycles. The van der Waals surface area contributed by atoms with Crippen LogP contribution in [0.3, 0.4) is 0 Å². The number of halogens is 3. The van der Waals surface area contributed by atoms with Gasteiger partial charge in [0.15, 0.2) is 0 Å². The second-order valence-electron chi connectivity index (χ2n) is 1.82. The van der Waals surface area contributed by atoms with Crippen LogP contribution < -0.4 is 0 Å². The molecule has 1 aromatic rings. The molecule has 0 aliphatic rings. The Morgan fingerprint density at radius 3 is 1.73 bits per heavy atom. The first-order chi connectivity index (χ1) is 5.13. The van der Waals surface area contributed by atoms with Gasteiger partial charge in [0.05, 0.1) is 0 Å². The average Bonchev–Trinajstić information content (AvgIpc) is 1.87. The summed E-state index contributed by atoms with van der Waals surface area (Å²) >= 11 is -1.72. The summed E-state index contributed by atoms with van der Waals surface area (Å²) in [4.78, 5) is 0. The minimum Gasteiger partial charge on any atom is -0.214 e. The van der Waals surface area contributed by atoms with Crippen LogP contribution in [0.5, 0.6) is 0 Å². The van der Waals surface area contributed by atoms with Gasteiger partial charge in [-0.15, -0.1) is 0 Å². The summed E-state index contributed by atoms with van der Waals surface area (Å²) in [6.07, 6.45) is 0. The largest absolute Gasteiger partial charge is 0.643 e. The van der Waals surface area contributed by atoms with Crippen molar-refractivity contribution < 1.29 is 0 Å². The Hall–Kier alpha value is 0.622. The smallest absolute Gasteiger partial charge is 0.214 e. The van der Waals surface area contributed by atoms with E-state index in [0.29, 0.717) is 0 Å². The summed E-state index contributed by atoms with van der Waals surface area (Å²) < 4.78 is 0. The van der Waals surface area contributed by atoms with Crippen molar-refractivity contribution in [2.45, 2.75) is 6.92 Å². The quantitative estimate of drug-likeness (QED) is 0.592. The van der Waals surface area contributed by atoms with Crippen molar-refractivity contribution in [1.29, 1.82) is 0 Å². The average molecular weight is 224 g/mol. The van der Waals surface area contributed by atoms with Crippen molar-refractivity contribution in [1.82, 2.24) is 0 Å². The second kappa shape index (κ2) is 7.28. The number of rotatable bonds is 0. The molecule has 0 fully saturated rings. The Morgan fingerprint density at radius 2 is 1.55 bits per heavy atom. The van der Waals surface area contributed by atoms with Gasteiger partial charge in [-0.25, -0.2) is 30.1 Å². The van der Waals surface area contributed by atoms with Crippen molar-refractivity contribution in [2.75, 3.05) is 0 Å². The summed E-state index contributed by atoms with van der Waals surface area (Å²) in [6, 6.07) is 10.8. The van der Waals surface area contributed by atoms with Crippen LogP contribution in [0, 0.1) is 13.0 Å². The number of benzene rings is 1. The minimum absolute atomic E-state index is 1.29. The van der Waals surface area contributed by atoms with Crippen LogP contribution in [0.2, 0.25) is 0 Å². The number of hydrogen-bond acceptors (Lipinski definition) is 0. The summed E-state index contributed by atoms with van der Waals surface area (Å²) in [5.41, 5.74) is 1.29. The van der Waals surface area contributed by atoms with Crippen molar-refractivity contribution in [3.8, 4) is 0 Å². The van der Waals surface area contributed by atoms with Gasteiger partial charge in [-0.3, -0.25) is 0 Å². The highest BCUT2D eigenvalue weighted by molar-refractivity contribution is 7.54. The molecule has 0 saturated carbocycles. The topological polar surface area (TPSA) is 0 Å². The minimum atomic E-state index is -1.72. The lowest BCUT2D eigenvalue weighted by Crippen LogP contribution is -1.66. The Labute approximate surface area is 84.1 Å². The molecule has 0 nitrogen and oxygen atoms in total. The molecule has 0 atom stereocenters. The highest BCUT2D eigenvalue weighted by Gasteiger charge is 2.00. The number of aryl methyl sites for hydroxylation is 1. The van der Waals surface area contributed by atoms with E-state index in [4.69, 9.17) is 30.1 Å². The van der Waals surface area contributed by atoms with Gasteiger partial charge < -0.3 is 0 Å². The summed E-state index contributed by atoms with van der Waals surface area (Å²) in [5.74, 6) is 0. The van der Waals surface area contributed by atoms with Gasteiger partial charge in [-0.2, -0.15) is 0 Å². The van der Waals surface area contributed by atoms with E-state index in [9.17, 15) is 0 Å². The van der Waals surface area contributed by atoms with Gasteiger partial charge in [-0.1, -0.05) is 29.8 Å². The molecule has 4 heteroatoms. The third-order valence-electron chi connectivity index (χ3n) is 0.885. The normalized spacial score (nSPS) is 8.00. The molecule has 0 bridgehead atoms. The highest BCUT2D eigenvalue weighted by Crippen LogP contribution is 1.97. The van der Waals surface area contributed by atoms with Gasteiger partial charge in [0.1, 0.15) is 0 Å². The molecule has 0 amide bonds. The fourth-order valence-electron chi connectivity index (χ4n) is 0.470. The SMILES string of the molecule is Cc1cc[c]cc1.[Cl][Al]([Cl])[Cl]. The lowest BCUT2D eigenvalue weighted by Gasteiger charge is -1.82. The van der Waals surface area contributed by atoms with Gasteiger partial charge in [0.2, 0.25) is 0 Å². The summed E-state index contributed by atoms with van der Waals surface area (Å²) in [5, 5.41) is 0. The molecule has 1 rings (SSSR count). The molecule has 1 aromatic carbocycles. The second-order valence-corrected chi connectivity index (χ2v) is 8.26. The molecule has 0 spiro atoms. The predicted octanol–water partition coefficient (Wildman–Crippen LogP) is 3.48. The Morgan fingerprint density at radius 1 is 1.18 bits per heavy atom. The lowest BCUT2D eigenvalue weighted by molar-refractivity contribution is 1.47. The van der Waals surface area contributed by atoms with Crippen LogP contribution in [-0.2, 0) is 0 Å². The highest BCUT2D eigenvalue weighted by atomic mass is 35.8. The monoisotopic (exact) mass is 223 g/mol. The van der Waals surface area contributed by atoms with Gasteiger partial charge in [0.25, 0.3) is 0 Å². The van der Waals surface area contributed by atoms with Gasteiger partial charge in [-0.05, 0) is 13.0 Å².